The van der Waals surface area contributed by atoms with E-state index < -0.39 is 12.3 Å². The van der Waals surface area contributed by atoms with Crippen LogP contribution in [0.15, 0.2) is 71.2 Å². The molecule has 0 unspecified atom stereocenters. The lowest BCUT2D eigenvalue weighted by Crippen LogP contribution is -2.16. The fraction of sp³-hybridized carbons (Fsp3) is 0.136. The lowest BCUT2D eigenvalue weighted by molar-refractivity contribution is -0.274. The van der Waals surface area contributed by atoms with Gasteiger partial charge in [-0.1, -0.05) is 52.3 Å². The summed E-state index contributed by atoms with van der Waals surface area (Å²) in [6.07, 6.45) is -3.27. The Morgan fingerprint density at radius 3 is 2.10 bits per heavy atom. The van der Waals surface area contributed by atoms with Gasteiger partial charge in [-0.25, -0.2) is 4.79 Å². The van der Waals surface area contributed by atoms with Crippen LogP contribution < -0.4 is 4.74 Å². The van der Waals surface area contributed by atoms with E-state index in [0.717, 1.165) is 39.6 Å². The molecule has 3 aromatic carbocycles. The third-order valence-electron chi connectivity index (χ3n) is 4.35. The average molecular weight is 465 g/mol. The van der Waals surface area contributed by atoms with Gasteiger partial charge in [0.25, 0.3) is 0 Å². The molecule has 3 aromatic rings. The lowest BCUT2D eigenvalue weighted by atomic mass is 9.99. The normalized spacial score (nSPS) is 11.3. The van der Waals surface area contributed by atoms with Crippen LogP contribution in [0.5, 0.6) is 5.75 Å². The highest BCUT2D eigenvalue weighted by Crippen LogP contribution is 2.29. The highest BCUT2D eigenvalue weighted by molar-refractivity contribution is 9.10. The summed E-state index contributed by atoms with van der Waals surface area (Å²) in [5.74, 6) is -1.22. The fourth-order valence-corrected chi connectivity index (χ4v) is 3.33. The lowest BCUT2D eigenvalue weighted by Gasteiger charge is -2.11. The number of alkyl halides is 3. The van der Waals surface area contributed by atoms with Gasteiger partial charge in [0.15, 0.2) is 0 Å². The highest BCUT2D eigenvalue weighted by atomic mass is 79.9. The molecule has 0 amide bonds. The third-order valence-corrected chi connectivity index (χ3v) is 5.12. The molecule has 0 spiro atoms. The molecule has 0 bridgehead atoms. The topological polar surface area (TPSA) is 46.5 Å². The Bertz CT molecular complexity index is 997. The molecule has 0 fully saturated rings. The van der Waals surface area contributed by atoms with Gasteiger partial charge >= 0.3 is 12.3 Å². The molecule has 0 aliphatic carbocycles. The van der Waals surface area contributed by atoms with Gasteiger partial charge in [0.1, 0.15) is 5.75 Å². The minimum Gasteiger partial charge on any atom is -0.478 e. The van der Waals surface area contributed by atoms with E-state index in [1.807, 2.05) is 18.2 Å². The van der Waals surface area contributed by atoms with Crippen molar-refractivity contribution in [1.82, 2.24) is 0 Å². The highest BCUT2D eigenvalue weighted by Gasteiger charge is 2.30. The molecule has 0 aromatic heterocycles. The van der Waals surface area contributed by atoms with E-state index in [9.17, 15) is 18.0 Å². The largest absolute Gasteiger partial charge is 0.573 e. The van der Waals surface area contributed by atoms with Crippen molar-refractivity contribution in [1.29, 1.82) is 0 Å². The molecule has 0 aliphatic heterocycles. The molecule has 150 valence electrons. The first-order chi connectivity index (χ1) is 13.7. The second-order valence-corrected chi connectivity index (χ2v) is 7.23. The zero-order valence-electron chi connectivity index (χ0n) is 15.0. The quantitative estimate of drug-likeness (QED) is 0.452. The summed E-state index contributed by atoms with van der Waals surface area (Å²) in [5.41, 5.74) is 3.96. The van der Waals surface area contributed by atoms with Crippen molar-refractivity contribution in [2.75, 3.05) is 0 Å². The second kappa shape index (κ2) is 8.69. The Balaban J connectivity index is 1.73. The molecule has 0 heterocycles. The van der Waals surface area contributed by atoms with Crippen LogP contribution in [0.2, 0.25) is 0 Å². The van der Waals surface area contributed by atoms with E-state index in [2.05, 4.69) is 20.7 Å². The smallest absolute Gasteiger partial charge is 0.478 e. The van der Waals surface area contributed by atoms with Crippen molar-refractivity contribution in [3.8, 4) is 16.9 Å². The Labute approximate surface area is 173 Å². The predicted octanol–water partition coefficient (Wildman–Crippen LogP) is 6.50. The molecular formula is C22H16BrF3O3. The molecule has 0 saturated carbocycles. The van der Waals surface area contributed by atoms with Crippen molar-refractivity contribution >= 4 is 21.9 Å². The molecular weight excluding hydrogens is 449 g/mol. The molecule has 0 saturated heterocycles. The van der Waals surface area contributed by atoms with Crippen LogP contribution in [-0.4, -0.2) is 17.4 Å². The molecule has 29 heavy (non-hydrogen) atoms. The van der Waals surface area contributed by atoms with Crippen molar-refractivity contribution < 1.29 is 27.8 Å². The van der Waals surface area contributed by atoms with Crippen LogP contribution in [0.1, 0.15) is 21.5 Å². The number of aromatic carboxylic acids is 1. The fourth-order valence-electron chi connectivity index (χ4n) is 2.89. The van der Waals surface area contributed by atoms with Gasteiger partial charge in [-0.2, -0.15) is 0 Å². The van der Waals surface area contributed by atoms with Crippen LogP contribution in [0.25, 0.3) is 11.1 Å². The van der Waals surface area contributed by atoms with Crippen molar-refractivity contribution in [2.45, 2.75) is 19.2 Å². The Morgan fingerprint density at radius 1 is 0.897 bits per heavy atom. The minimum absolute atomic E-state index is 0.245. The number of carboxylic acid groups (broad SMARTS) is 1. The van der Waals surface area contributed by atoms with Crippen molar-refractivity contribution in [2.24, 2.45) is 0 Å². The van der Waals surface area contributed by atoms with Gasteiger partial charge in [-0.3, -0.25) is 0 Å². The van der Waals surface area contributed by atoms with E-state index in [4.69, 9.17) is 5.11 Å². The number of benzene rings is 3. The first-order valence-corrected chi connectivity index (χ1v) is 9.47. The number of aryl methyl sites for hydroxylation is 2. The van der Waals surface area contributed by atoms with E-state index in [-0.39, 0.29) is 11.3 Å². The first kappa shape index (κ1) is 20.9. The maximum Gasteiger partial charge on any atom is 0.573 e. The Hall–Kier alpha value is -2.80. The van der Waals surface area contributed by atoms with Crippen molar-refractivity contribution in [3.05, 3.63) is 87.9 Å². The van der Waals surface area contributed by atoms with Crippen LogP contribution >= 0.6 is 15.9 Å². The maximum atomic E-state index is 12.3. The number of ether oxygens (including phenoxy) is 1. The monoisotopic (exact) mass is 464 g/mol. The summed E-state index contributed by atoms with van der Waals surface area (Å²) in [5, 5.41) is 8.96. The Morgan fingerprint density at radius 2 is 1.52 bits per heavy atom. The number of hydrogen-bond acceptors (Lipinski definition) is 2. The first-order valence-electron chi connectivity index (χ1n) is 8.68. The van der Waals surface area contributed by atoms with Gasteiger partial charge in [0.2, 0.25) is 0 Å². The number of halogens is 4. The summed E-state index contributed by atoms with van der Waals surface area (Å²) >= 11 is 3.53. The predicted molar refractivity (Wildman–Crippen MR) is 107 cm³/mol. The molecule has 3 nitrogen and oxygen atoms in total. The zero-order chi connectivity index (χ0) is 21.0. The summed E-state index contributed by atoms with van der Waals surface area (Å²) < 4.78 is 41.7. The van der Waals surface area contributed by atoms with Gasteiger partial charge in [0.05, 0.1) is 5.56 Å². The Kier molecular flexibility index (Phi) is 6.27. The van der Waals surface area contributed by atoms with Gasteiger partial charge in [-0.15, -0.1) is 13.2 Å². The van der Waals surface area contributed by atoms with Gasteiger partial charge in [0, 0.05) is 4.47 Å². The second-order valence-electron chi connectivity index (χ2n) is 6.38. The van der Waals surface area contributed by atoms with E-state index in [0.29, 0.717) is 0 Å². The summed E-state index contributed by atoms with van der Waals surface area (Å²) in [6.45, 7) is 0. The van der Waals surface area contributed by atoms with Crippen LogP contribution in [0, 0.1) is 0 Å². The molecule has 1 N–H and O–H groups in total. The number of hydrogen-bond donors (Lipinski definition) is 1. The molecule has 0 atom stereocenters. The van der Waals surface area contributed by atoms with Gasteiger partial charge in [-0.05, 0) is 65.4 Å². The number of rotatable bonds is 6. The van der Waals surface area contributed by atoms with Crippen LogP contribution in [0.4, 0.5) is 13.2 Å². The van der Waals surface area contributed by atoms with Crippen LogP contribution in [-0.2, 0) is 12.8 Å². The molecule has 3 rings (SSSR count). The molecule has 7 heteroatoms. The molecule has 0 radical (unpaired) electrons. The summed E-state index contributed by atoms with van der Waals surface area (Å²) in [4.78, 5) is 10.9. The number of carboxylic acids is 1. The molecule has 0 aliphatic rings. The van der Waals surface area contributed by atoms with E-state index in [1.165, 1.54) is 12.1 Å². The van der Waals surface area contributed by atoms with E-state index >= 15 is 0 Å². The van der Waals surface area contributed by atoms with Crippen molar-refractivity contribution in [3.63, 3.8) is 0 Å². The minimum atomic E-state index is -4.71. The average Bonchev–Trinajstić information content (AvgIpc) is 2.67. The third kappa shape index (κ3) is 5.84. The zero-order valence-corrected chi connectivity index (χ0v) is 16.6. The standard InChI is InChI=1S/C22H16BrF3O3/c23-20-12-9-17(15-7-10-19(11-8-15)29-22(24,25)26)13-18(20)6-3-14-1-4-16(5-2-14)21(27)28/h1-2,4-5,7-13H,3,6H2,(H,27,28). The SMILES string of the molecule is O=C(O)c1ccc(CCc2cc(-c3ccc(OC(F)(F)F)cc3)ccc2Br)cc1. The summed E-state index contributed by atoms with van der Waals surface area (Å²) in [6, 6.07) is 18.2. The summed E-state index contributed by atoms with van der Waals surface area (Å²) in [7, 11) is 0. The van der Waals surface area contributed by atoms with Gasteiger partial charge < -0.3 is 9.84 Å². The maximum absolute atomic E-state index is 12.3. The number of carbonyl (C=O) groups is 1. The van der Waals surface area contributed by atoms with Crippen LogP contribution in [0.3, 0.4) is 0 Å². The van der Waals surface area contributed by atoms with E-state index in [1.54, 1.807) is 36.4 Å².